The molecule has 0 unspecified atom stereocenters. The van der Waals surface area contributed by atoms with E-state index in [1.54, 1.807) is 47.4 Å². The van der Waals surface area contributed by atoms with Gasteiger partial charge in [0, 0.05) is 24.7 Å². The van der Waals surface area contributed by atoms with Gasteiger partial charge in [0.25, 0.3) is 5.91 Å². The molecule has 0 atom stereocenters. The summed E-state index contributed by atoms with van der Waals surface area (Å²) in [7, 11) is -0.497. The van der Waals surface area contributed by atoms with Crippen LogP contribution in [0.3, 0.4) is 0 Å². The summed E-state index contributed by atoms with van der Waals surface area (Å²) >= 11 is 0. The first-order chi connectivity index (χ1) is 14.2. The molecular formula is C22H29NO6S. The molecule has 0 saturated carbocycles. The summed E-state index contributed by atoms with van der Waals surface area (Å²) in [4.78, 5) is 15.0. The second-order valence-corrected chi connectivity index (χ2v) is 9.11. The molecule has 30 heavy (non-hydrogen) atoms. The predicted molar refractivity (Wildman–Crippen MR) is 116 cm³/mol. The van der Waals surface area contributed by atoms with Crippen LogP contribution in [-0.4, -0.2) is 45.7 Å². The van der Waals surface area contributed by atoms with Crippen molar-refractivity contribution >= 4 is 16.0 Å². The number of rotatable bonds is 10. The standard InChI is InChI=1S/C22H29NO6S/c1-6-30(25,26)29-19-9-7-17(8-10-19)15-23(14-16(2)3)22(24)18-11-20(27-4)13-21(12-18)28-5/h7-13,16H,6,14-15H2,1-5H3. The van der Waals surface area contributed by atoms with Gasteiger partial charge in [-0.05, 0) is 42.7 Å². The van der Waals surface area contributed by atoms with Crippen LogP contribution in [0, 0.1) is 5.92 Å². The molecule has 2 aromatic carbocycles. The molecule has 0 heterocycles. The van der Waals surface area contributed by atoms with Gasteiger partial charge in [-0.25, -0.2) is 0 Å². The first kappa shape index (κ1) is 23.5. The van der Waals surface area contributed by atoms with Gasteiger partial charge in [0.05, 0.1) is 20.0 Å². The Morgan fingerprint density at radius 1 is 0.967 bits per heavy atom. The molecule has 0 spiro atoms. The number of benzene rings is 2. The summed E-state index contributed by atoms with van der Waals surface area (Å²) in [6, 6.07) is 11.8. The molecule has 2 rings (SSSR count). The van der Waals surface area contributed by atoms with Crippen LogP contribution >= 0.6 is 0 Å². The molecule has 0 saturated heterocycles. The highest BCUT2D eigenvalue weighted by Crippen LogP contribution is 2.24. The molecule has 0 aliphatic heterocycles. The second kappa shape index (κ2) is 10.3. The first-order valence-electron chi connectivity index (χ1n) is 9.70. The van der Waals surface area contributed by atoms with E-state index < -0.39 is 10.1 Å². The molecule has 2 aromatic rings. The fourth-order valence-corrected chi connectivity index (χ4v) is 3.37. The number of ether oxygens (including phenoxy) is 2. The van der Waals surface area contributed by atoms with Gasteiger partial charge in [0.1, 0.15) is 17.2 Å². The van der Waals surface area contributed by atoms with Crippen molar-refractivity contribution in [1.82, 2.24) is 4.90 Å². The van der Waals surface area contributed by atoms with E-state index in [1.165, 1.54) is 21.1 Å². The molecule has 0 fully saturated rings. The van der Waals surface area contributed by atoms with Crippen LogP contribution < -0.4 is 13.7 Å². The van der Waals surface area contributed by atoms with Crippen LogP contribution in [0.25, 0.3) is 0 Å². The van der Waals surface area contributed by atoms with Crippen LogP contribution in [0.1, 0.15) is 36.7 Å². The molecule has 0 aromatic heterocycles. The molecule has 8 heteroatoms. The van der Waals surface area contributed by atoms with Gasteiger partial charge >= 0.3 is 10.1 Å². The van der Waals surface area contributed by atoms with Crippen molar-refractivity contribution in [3.05, 3.63) is 53.6 Å². The lowest BCUT2D eigenvalue weighted by molar-refractivity contribution is 0.0722. The third kappa shape index (κ3) is 6.66. The Bertz CT molecular complexity index is 932. The van der Waals surface area contributed by atoms with Gasteiger partial charge in [0.2, 0.25) is 0 Å². The van der Waals surface area contributed by atoms with Gasteiger partial charge in [0.15, 0.2) is 0 Å². The van der Waals surface area contributed by atoms with Gasteiger partial charge in [-0.2, -0.15) is 8.42 Å². The average molecular weight is 436 g/mol. The molecule has 0 N–H and O–H groups in total. The minimum atomic E-state index is -3.58. The highest BCUT2D eigenvalue weighted by atomic mass is 32.2. The summed E-state index contributed by atoms with van der Waals surface area (Å²) in [5, 5.41) is 0. The van der Waals surface area contributed by atoms with Crippen molar-refractivity contribution in [3.8, 4) is 17.2 Å². The lowest BCUT2D eigenvalue weighted by atomic mass is 10.1. The Labute approximate surface area is 178 Å². The zero-order valence-corrected chi connectivity index (χ0v) is 18.9. The summed E-state index contributed by atoms with van der Waals surface area (Å²) < 4.78 is 38.8. The highest BCUT2D eigenvalue weighted by Gasteiger charge is 2.19. The van der Waals surface area contributed by atoms with Crippen molar-refractivity contribution in [1.29, 1.82) is 0 Å². The minimum absolute atomic E-state index is 0.102. The average Bonchev–Trinajstić information content (AvgIpc) is 2.73. The van der Waals surface area contributed by atoms with Crippen molar-refractivity contribution in [3.63, 3.8) is 0 Å². The van der Waals surface area contributed by atoms with Crippen molar-refractivity contribution in [2.45, 2.75) is 27.3 Å². The van der Waals surface area contributed by atoms with Crippen LogP contribution in [0.4, 0.5) is 0 Å². The summed E-state index contributed by atoms with van der Waals surface area (Å²) in [6.07, 6.45) is 0. The number of hydrogen-bond donors (Lipinski definition) is 0. The fraction of sp³-hybridized carbons (Fsp3) is 0.409. The van der Waals surface area contributed by atoms with E-state index in [2.05, 4.69) is 0 Å². The Balaban J connectivity index is 2.25. The van der Waals surface area contributed by atoms with Gasteiger partial charge in [-0.3, -0.25) is 4.79 Å². The quantitative estimate of drug-likeness (QED) is 0.529. The van der Waals surface area contributed by atoms with E-state index in [0.29, 0.717) is 30.2 Å². The van der Waals surface area contributed by atoms with E-state index in [-0.39, 0.29) is 23.3 Å². The van der Waals surface area contributed by atoms with E-state index in [9.17, 15) is 13.2 Å². The Morgan fingerprint density at radius 2 is 1.53 bits per heavy atom. The largest absolute Gasteiger partial charge is 0.497 e. The number of amides is 1. The molecule has 1 amide bonds. The topological polar surface area (TPSA) is 82.1 Å². The molecule has 0 aliphatic rings. The smallest absolute Gasteiger partial charge is 0.308 e. The third-order valence-electron chi connectivity index (χ3n) is 4.34. The van der Waals surface area contributed by atoms with Gasteiger partial charge in [-0.1, -0.05) is 26.0 Å². The SMILES string of the molecule is CCS(=O)(=O)Oc1ccc(CN(CC(C)C)C(=O)c2cc(OC)cc(OC)c2)cc1. The summed E-state index contributed by atoms with van der Waals surface area (Å²) in [5.41, 5.74) is 1.33. The maximum absolute atomic E-state index is 13.2. The number of carbonyl (C=O) groups is 1. The number of methoxy groups -OCH3 is 2. The summed E-state index contributed by atoms with van der Waals surface area (Å²) in [5.74, 6) is 1.35. The Morgan fingerprint density at radius 3 is 2.00 bits per heavy atom. The van der Waals surface area contributed by atoms with Crippen LogP contribution in [0.5, 0.6) is 17.2 Å². The number of carbonyl (C=O) groups excluding carboxylic acids is 1. The van der Waals surface area contributed by atoms with Crippen molar-refractivity contribution in [2.24, 2.45) is 5.92 Å². The molecule has 7 nitrogen and oxygen atoms in total. The van der Waals surface area contributed by atoms with E-state index in [4.69, 9.17) is 13.7 Å². The zero-order valence-electron chi connectivity index (χ0n) is 18.0. The van der Waals surface area contributed by atoms with Crippen molar-refractivity contribution < 1.29 is 26.9 Å². The number of hydrogen-bond acceptors (Lipinski definition) is 6. The van der Waals surface area contributed by atoms with Crippen LogP contribution in [0.2, 0.25) is 0 Å². The second-order valence-electron chi connectivity index (χ2n) is 7.25. The maximum Gasteiger partial charge on any atom is 0.308 e. The molecule has 164 valence electrons. The number of nitrogens with zero attached hydrogens (tertiary/aromatic N) is 1. The van der Waals surface area contributed by atoms with Crippen molar-refractivity contribution in [2.75, 3.05) is 26.5 Å². The Hall–Kier alpha value is -2.74. The van der Waals surface area contributed by atoms with E-state index >= 15 is 0 Å². The third-order valence-corrected chi connectivity index (χ3v) is 5.50. The monoisotopic (exact) mass is 435 g/mol. The molecular weight excluding hydrogens is 406 g/mol. The predicted octanol–water partition coefficient (Wildman–Crippen LogP) is 3.73. The minimum Gasteiger partial charge on any atom is -0.497 e. The first-order valence-corrected chi connectivity index (χ1v) is 11.3. The zero-order chi connectivity index (χ0) is 22.3. The maximum atomic E-state index is 13.2. The Kier molecular flexibility index (Phi) is 8.11. The van der Waals surface area contributed by atoms with Crippen LogP contribution in [-0.2, 0) is 16.7 Å². The van der Waals surface area contributed by atoms with Gasteiger partial charge in [-0.15, -0.1) is 0 Å². The summed E-state index contributed by atoms with van der Waals surface area (Å²) in [6.45, 7) is 6.53. The highest BCUT2D eigenvalue weighted by molar-refractivity contribution is 7.87. The molecule has 0 bridgehead atoms. The fourth-order valence-electron chi connectivity index (χ4n) is 2.85. The van der Waals surface area contributed by atoms with Gasteiger partial charge < -0.3 is 18.6 Å². The normalized spacial score (nSPS) is 11.3. The molecule has 0 aliphatic carbocycles. The van der Waals surface area contributed by atoms with E-state index in [1.807, 2.05) is 13.8 Å². The lowest BCUT2D eigenvalue weighted by Crippen LogP contribution is -2.33. The van der Waals surface area contributed by atoms with Crippen LogP contribution in [0.15, 0.2) is 42.5 Å². The van der Waals surface area contributed by atoms with E-state index in [0.717, 1.165) is 5.56 Å². The molecule has 0 radical (unpaired) electrons. The lowest BCUT2D eigenvalue weighted by Gasteiger charge is -2.25.